The Hall–Kier alpha value is -2.18. The van der Waals surface area contributed by atoms with Gasteiger partial charge in [0.1, 0.15) is 18.5 Å². The van der Waals surface area contributed by atoms with Crippen molar-refractivity contribution in [2.75, 3.05) is 26.8 Å². The predicted molar refractivity (Wildman–Crippen MR) is 167 cm³/mol. The Morgan fingerprint density at radius 3 is 2.60 bits per heavy atom. The Bertz CT molecular complexity index is 1200. The summed E-state index contributed by atoms with van der Waals surface area (Å²) in [6, 6.07) is 2.54. The summed E-state index contributed by atoms with van der Waals surface area (Å²) in [6.07, 6.45) is 4.11. The van der Waals surface area contributed by atoms with Crippen LogP contribution in [-0.4, -0.2) is 78.3 Å². The van der Waals surface area contributed by atoms with Crippen molar-refractivity contribution >= 4 is 40.7 Å². The Morgan fingerprint density at radius 1 is 1.26 bits per heavy atom. The zero-order valence-electron chi connectivity index (χ0n) is 25.3. The predicted octanol–water partition coefficient (Wildman–Crippen LogP) is 3.97. The number of rotatable bonds is 12. The number of hydrogen-bond donors (Lipinski definition) is 3. The number of aliphatic hydroxyl groups is 2. The average molecular weight is 697 g/mol. The van der Waals surface area contributed by atoms with E-state index >= 15 is 0 Å². The van der Waals surface area contributed by atoms with Gasteiger partial charge in [0.2, 0.25) is 11.8 Å². The Labute approximate surface area is 262 Å². The Morgan fingerprint density at radius 2 is 2.00 bits per heavy atom. The average Bonchev–Trinajstić information content (AvgIpc) is 2.95. The third-order valence-electron chi connectivity index (χ3n) is 9.59. The molecule has 0 aromatic heterocycles. The van der Waals surface area contributed by atoms with E-state index in [1.54, 1.807) is 18.2 Å². The van der Waals surface area contributed by atoms with Gasteiger partial charge in [-0.25, -0.2) is 0 Å². The largest absolute Gasteiger partial charge is 0.493 e. The minimum Gasteiger partial charge on any atom is -0.493 e. The molecule has 3 fully saturated rings. The first-order valence-corrected chi connectivity index (χ1v) is 16.1. The van der Waals surface area contributed by atoms with E-state index in [9.17, 15) is 24.6 Å². The highest BCUT2D eigenvalue weighted by Gasteiger charge is 2.55. The minimum atomic E-state index is -1.12. The number of methoxy groups -OCH3 is 1. The summed E-state index contributed by atoms with van der Waals surface area (Å²) in [6.45, 7) is 9.08. The van der Waals surface area contributed by atoms with Crippen LogP contribution in [0, 0.1) is 32.7 Å². The molecule has 9 nitrogen and oxygen atoms in total. The molecule has 42 heavy (non-hydrogen) atoms. The summed E-state index contributed by atoms with van der Waals surface area (Å²) in [5.41, 5.74) is 1.05. The number of aliphatic hydroxyl groups excluding tert-OH is 2. The summed E-state index contributed by atoms with van der Waals surface area (Å²) in [7, 11) is 1.47. The fraction of sp³-hybridized carbons (Fsp3) is 0.656. The maximum absolute atomic E-state index is 13.9. The number of nitrogens with zero attached hydrogens (tertiary/aromatic N) is 1. The number of ether oxygens (including phenoxy) is 2. The summed E-state index contributed by atoms with van der Waals surface area (Å²) in [5.74, 6) is 1.96. The molecule has 0 spiro atoms. The first-order valence-electron chi connectivity index (χ1n) is 15.0. The van der Waals surface area contributed by atoms with Crippen LogP contribution < -0.4 is 14.8 Å². The van der Waals surface area contributed by atoms with Crippen LogP contribution in [0.25, 0.3) is 0 Å². The molecule has 1 aromatic rings. The highest BCUT2D eigenvalue weighted by molar-refractivity contribution is 14.1. The zero-order valence-corrected chi connectivity index (χ0v) is 27.4. The van der Waals surface area contributed by atoms with Crippen molar-refractivity contribution in [1.29, 1.82) is 0 Å². The lowest BCUT2D eigenvalue weighted by atomic mass is 9.45. The standard InChI is InChI=1S/C32H45IN2O7/c1-18(2)10-28(38)35(16-20-6-7-22-15-23(20)32(22,3)4)25-13-21(31(40)34-8-9-36)14-26(29(25)39)42-30-24(33)11-19(17-37)12-27(30)41-5/h11-12,14,17-18,20,22-23,25-26,29,36,39H,6-10,13,15-16H2,1-5H3,(H,34,40)/t20-,22-,23-,25+,26-,29-/m0/s1. The number of hydrogen-bond acceptors (Lipinski definition) is 7. The molecule has 0 unspecified atom stereocenters. The van der Waals surface area contributed by atoms with Gasteiger partial charge in [-0.2, -0.15) is 0 Å². The van der Waals surface area contributed by atoms with Crippen LogP contribution >= 0.6 is 22.6 Å². The van der Waals surface area contributed by atoms with Crippen molar-refractivity contribution in [2.24, 2.45) is 29.1 Å². The third-order valence-corrected chi connectivity index (χ3v) is 10.4. The van der Waals surface area contributed by atoms with Gasteiger partial charge in [-0.15, -0.1) is 0 Å². The normalized spacial score (nSPS) is 27.9. The van der Waals surface area contributed by atoms with Gasteiger partial charge in [-0.1, -0.05) is 27.7 Å². The lowest BCUT2D eigenvalue weighted by Crippen LogP contribution is -2.59. The molecule has 1 aromatic carbocycles. The van der Waals surface area contributed by atoms with E-state index in [-0.39, 0.29) is 42.7 Å². The summed E-state index contributed by atoms with van der Waals surface area (Å²) < 4.78 is 12.5. The fourth-order valence-electron chi connectivity index (χ4n) is 7.16. The second-order valence-electron chi connectivity index (χ2n) is 13.0. The van der Waals surface area contributed by atoms with E-state index < -0.39 is 18.2 Å². The number of nitrogens with one attached hydrogen (secondary N) is 1. The van der Waals surface area contributed by atoms with Crippen LogP contribution in [0.5, 0.6) is 11.5 Å². The van der Waals surface area contributed by atoms with E-state index in [0.717, 1.165) is 25.0 Å². The summed E-state index contributed by atoms with van der Waals surface area (Å²) >= 11 is 2.05. The molecule has 0 saturated heterocycles. The molecular formula is C32H45IN2O7. The zero-order chi connectivity index (χ0) is 30.8. The van der Waals surface area contributed by atoms with Crippen molar-refractivity contribution in [2.45, 2.75) is 78.0 Å². The monoisotopic (exact) mass is 696 g/mol. The summed E-state index contributed by atoms with van der Waals surface area (Å²) in [4.78, 5) is 40.3. The molecule has 232 valence electrons. The van der Waals surface area contributed by atoms with Crippen LogP contribution in [0.15, 0.2) is 23.8 Å². The van der Waals surface area contributed by atoms with E-state index in [1.807, 2.05) is 41.3 Å². The summed E-state index contributed by atoms with van der Waals surface area (Å²) in [5, 5.41) is 23.9. The maximum Gasteiger partial charge on any atom is 0.247 e. The number of fused-ring (bicyclic) bond motifs is 2. The van der Waals surface area contributed by atoms with Gasteiger partial charge >= 0.3 is 0 Å². The van der Waals surface area contributed by atoms with E-state index in [4.69, 9.17) is 9.47 Å². The molecule has 4 aliphatic rings. The van der Waals surface area contributed by atoms with Crippen molar-refractivity contribution in [3.05, 3.63) is 32.9 Å². The Kier molecular flexibility index (Phi) is 10.6. The van der Waals surface area contributed by atoms with Crippen LogP contribution in [0.4, 0.5) is 0 Å². The van der Waals surface area contributed by atoms with Gasteiger partial charge in [0, 0.05) is 37.1 Å². The molecule has 0 aliphatic heterocycles. The van der Waals surface area contributed by atoms with Crippen molar-refractivity contribution < 1.29 is 34.1 Å². The second kappa shape index (κ2) is 13.6. The molecular weight excluding hydrogens is 651 g/mol. The number of carbonyl (C=O) groups excluding carboxylic acids is 3. The quantitative estimate of drug-likeness (QED) is 0.223. The Balaban J connectivity index is 1.70. The molecule has 0 heterocycles. The molecule has 0 radical (unpaired) electrons. The van der Waals surface area contributed by atoms with Gasteiger partial charge in [0.25, 0.3) is 0 Å². The van der Waals surface area contributed by atoms with Gasteiger partial charge < -0.3 is 29.9 Å². The fourth-order valence-corrected chi connectivity index (χ4v) is 7.91. The second-order valence-corrected chi connectivity index (χ2v) is 14.2. The van der Waals surface area contributed by atoms with E-state index in [0.29, 0.717) is 51.0 Å². The first-order chi connectivity index (χ1) is 19.9. The van der Waals surface area contributed by atoms with Crippen LogP contribution in [0.3, 0.4) is 0 Å². The van der Waals surface area contributed by atoms with E-state index in [2.05, 4.69) is 19.2 Å². The number of carbonyl (C=O) groups is 3. The topological polar surface area (TPSA) is 125 Å². The molecule has 2 amide bonds. The number of amides is 2. The van der Waals surface area contributed by atoms with Crippen LogP contribution in [-0.2, 0) is 9.59 Å². The maximum atomic E-state index is 13.9. The molecule has 2 bridgehead atoms. The van der Waals surface area contributed by atoms with Gasteiger partial charge in [0.05, 0.1) is 23.3 Å². The van der Waals surface area contributed by atoms with Crippen LogP contribution in [0.2, 0.25) is 0 Å². The molecule has 3 saturated carbocycles. The number of benzene rings is 1. The first kappa shape index (κ1) is 32.7. The number of aldehydes is 1. The van der Waals surface area contributed by atoms with Gasteiger partial charge in [-0.3, -0.25) is 14.4 Å². The van der Waals surface area contributed by atoms with Crippen molar-refractivity contribution in [3.63, 3.8) is 0 Å². The number of halogens is 1. The third kappa shape index (κ3) is 6.80. The highest BCUT2D eigenvalue weighted by Crippen LogP contribution is 2.61. The highest BCUT2D eigenvalue weighted by atomic mass is 127. The SMILES string of the molecule is COc1cc(C=O)cc(I)c1O[C@H]1C=C(C(=O)NCCO)C[C@@H](N(C[C@@H]2CC[C@H]3C[C@@H]2C3(C)C)C(=O)CC(C)C)[C@@H]1O. The van der Waals surface area contributed by atoms with Crippen molar-refractivity contribution in [1.82, 2.24) is 10.2 Å². The molecule has 5 rings (SSSR count). The van der Waals surface area contributed by atoms with E-state index in [1.165, 1.54) is 13.5 Å². The molecule has 6 atom stereocenters. The smallest absolute Gasteiger partial charge is 0.247 e. The lowest BCUT2D eigenvalue weighted by molar-refractivity contribution is -0.148. The van der Waals surface area contributed by atoms with Crippen LogP contribution in [0.1, 0.15) is 70.2 Å². The van der Waals surface area contributed by atoms with Crippen molar-refractivity contribution in [3.8, 4) is 11.5 Å². The molecule has 10 heteroatoms. The van der Waals surface area contributed by atoms with Gasteiger partial charge in [0.15, 0.2) is 11.5 Å². The molecule has 3 N–H and O–H groups in total. The minimum absolute atomic E-state index is 0.0356. The van der Waals surface area contributed by atoms with Gasteiger partial charge in [-0.05, 0) is 89.1 Å². The lowest BCUT2D eigenvalue weighted by Gasteiger charge is -2.61. The molecule has 4 aliphatic carbocycles.